The number of ether oxygens (including phenoxy) is 1. The zero-order valence-corrected chi connectivity index (χ0v) is 16.5. The van der Waals surface area contributed by atoms with Gasteiger partial charge < -0.3 is 15.8 Å². The average Bonchev–Trinajstić information content (AvgIpc) is 3.10. The molecule has 0 fully saturated rings. The fourth-order valence-corrected chi connectivity index (χ4v) is 3.68. The lowest BCUT2D eigenvalue weighted by Gasteiger charge is -2.14. The highest BCUT2D eigenvalue weighted by Gasteiger charge is 2.28. The Bertz CT molecular complexity index is 1180. The summed E-state index contributed by atoms with van der Waals surface area (Å²) >= 11 is 0. The smallest absolute Gasteiger partial charge is 0.407 e. The molecule has 3 N–H and O–H groups in total. The number of rotatable bonds is 4. The molecule has 7 heteroatoms. The second-order valence-electron chi connectivity index (χ2n) is 7.01. The zero-order valence-electron chi connectivity index (χ0n) is 16.5. The summed E-state index contributed by atoms with van der Waals surface area (Å²) in [4.78, 5) is 22.3. The van der Waals surface area contributed by atoms with E-state index in [1.807, 2.05) is 24.3 Å². The van der Waals surface area contributed by atoms with Crippen molar-refractivity contribution in [2.75, 3.05) is 18.9 Å². The van der Waals surface area contributed by atoms with Gasteiger partial charge >= 0.3 is 6.09 Å². The molecule has 1 aliphatic rings. The van der Waals surface area contributed by atoms with Crippen molar-refractivity contribution in [1.82, 2.24) is 5.32 Å². The number of nitro groups is 1. The fourth-order valence-electron chi connectivity index (χ4n) is 3.68. The number of anilines is 1. The molecule has 4 rings (SSSR count). The highest BCUT2D eigenvalue weighted by atomic mass is 16.6. The lowest BCUT2D eigenvalue weighted by Crippen LogP contribution is -2.26. The molecular formula is C24H19N3O4. The van der Waals surface area contributed by atoms with Crippen LogP contribution in [0.1, 0.15) is 22.6 Å². The summed E-state index contributed by atoms with van der Waals surface area (Å²) in [6, 6.07) is 20.3. The topological polar surface area (TPSA) is 107 Å². The number of benzene rings is 3. The van der Waals surface area contributed by atoms with Crippen LogP contribution in [-0.4, -0.2) is 24.2 Å². The molecule has 0 heterocycles. The van der Waals surface area contributed by atoms with Gasteiger partial charge in [-0.2, -0.15) is 0 Å². The molecule has 0 radical (unpaired) electrons. The van der Waals surface area contributed by atoms with Gasteiger partial charge in [0.1, 0.15) is 6.61 Å². The number of nitro benzene ring substituents is 1. The van der Waals surface area contributed by atoms with Crippen LogP contribution in [0, 0.1) is 22.0 Å². The first-order chi connectivity index (χ1) is 15.0. The van der Waals surface area contributed by atoms with Crippen LogP contribution in [0.5, 0.6) is 0 Å². The Balaban J connectivity index is 1.34. The van der Waals surface area contributed by atoms with E-state index in [1.54, 1.807) is 0 Å². The maximum absolute atomic E-state index is 12.1. The number of nitrogens with zero attached hydrogens (tertiary/aromatic N) is 1. The molecule has 0 saturated carbocycles. The molecule has 1 aliphatic carbocycles. The van der Waals surface area contributed by atoms with Gasteiger partial charge in [0, 0.05) is 23.6 Å². The molecule has 0 atom stereocenters. The molecule has 154 valence electrons. The Morgan fingerprint density at radius 2 is 1.71 bits per heavy atom. The van der Waals surface area contributed by atoms with E-state index in [4.69, 9.17) is 10.5 Å². The fraction of sp³-hybridized carbons (Fsp3) is 0.125. The Kier molecular flexibility index (Phi) is 5.54. The molecule has 0 bridgehead atoms. The molecule has 0 spiro atoms. The van der Waals surface area contributed by atoms with Gasteiger partial charge in [-0.15, -0.1) is 0 Å². The number of nitrogen functional groups attached to an aromatic ring is 1. The van der Waals surface area contributed by atoms with Gasteiger partial charge in [-0.25, -0.2) is 4.79 Å². The predicted octanol–water partition coefficient (Wildman–Crippen LogP) is 4.07. The number of hydrogen-bond donors (Lipinski definition) is 2. The van der Waals surface area contributed by atoms with Crippen LogP contribution in [0.4, 0.5) is 16.2 Å². The van der Waals surface area contributed by atoms with Gasteiger partial charge in [0.15, 0.2) is 0 Å². The number of carbonyl (C=O) groups excluding carboxylic acids is 1. The SMILES string of the molecule is Nc1cc([N+](=O)[O-])ccc1C#CCNC(=O)OCC1c2ccccc2-c2ccccc21. The van der Waals surface area contributed by atoms with E-state index in [0.29, 0.717) is 5.56 Å². The number of non-ortho nitro benzene ring substituents is 1. The Labute approximate surface area is 179 Å². The summed E-state index contributed by atoms with van der Waals surface area (Å²) < 4.78 is 5.44. The molecule has 3 aromatic carbocycles. The van der Waals surface area contributed by atoms with E-state index in [1.165, 1.54) is 29.3 Å². The van der Waals surface area contributed by atoms with Crippen LogP contribution in [0.2, 0.25) is 0 Å². The minimum Gasteiger partial charge on any atom is -0.449 e. The molecule has 0 aliphatic heterocycles. The van der Waals surface area contributed by atoms with Gasteiger partial charge in [-0.3, -0.25) is 10.1 Å². The van der Waals surface area contributed by atoms with Crippen LogP contribution in [0.15, 0.2) is 66.7 Å². The number of alkyl carbamates (subject to hydrolysis) is 1. The van der Waals surface area contributed by atoms with Crippen molar-refractivity contribution in [2.45, 2.75) is 5.92 Å². The molecule has 0 saturated heterocycles. The highest BCUT2D eigenvalue weighted by molar-refractivity contribution is 5.79. The summed E-state index contributed by atoms with van der Waals surface area (Å²) in [5.41, 5.74) is 11.0. The predicted molar refractivity (Wildman–Crippen MR) is 117 cm³/mol. The van der Waals surface area contributed by atoms with E-state index in [0.717, 1.165) is 11.1 Å². The second kappa shape index (κ2) is 8.59. The lowest BCUT2D eigenvalue weighted by atomic mass is 9.98. The third-order valence-electron chi connectivity index (χ3n) is 5.13. The summed E-state index contributed by atoms with van der Waals surface area (Å²) in [5, 5.41) is 13.3. The van der Waals surface area contributed by atoms with Crippen molar-refractivity contribution >= 4 is 17.5 Å². The van der Waals surface area contributed by atoms with Crippen molar-refractivity contribution in [1.29, 1.82) is 0 Å². The largest absolute Gasteiger partial charge is 0.449 e. The van der Waals surface area contributed by atoms with Crippen LogP contribution in [-0.2, 0) is 4.74 Å². The number of carbonyl (C=O) groups is 1. The molecule has 7 nitrogen and oxygen atoms in total. The van der Waals surface area contributed by atoms with E-state index in [9.17, 15) is 14.9 Å². The minimum absolute atomic E-state index is 0.0101. The normalized spacial score (nSPS) is 11.6. The lowest BCUT2D eigenvalue weighted by molar-refractivity contribution is -0.384. The van der Waals surface area contributed by atoms with Gasteiger partial charge in [0.2, 0.25) is 0 Å². The van der Waals surface area contributed by atoms with E-state index < -0.39 is 11.0 Å². The van der Waals surface area contributed by atoms with Crippen LogP contribution < -0.4 is 11.1 Å². The Morgan fingerprint density at radius 3 is 2.32 bits per heavy atom. The standard InChI is InChI=1S/C24H19N3O4/c25-23-14-17(27(29)30)12-11-16(23)6-5-13-26-24(28)31-15-22-20-9-3-1-7-18(20)19-8-2-4-10-21(19)22/h1-4,7-12,14,22H,13,15,25H2,(H,26,28). The van der Waals surface area contributed by atoms with E-state index >= 15 is 0 Å². The molecule has 0 unspecified atom stereocenters. The Morgan fingerprint density at radius 1 is 1.06 bits per heavy atom. The summed E-state index contributed by atoms with van der Waals surface area (Å²) in [6.45, 7) is 0.287. The molecular weight excluding hydrogens is 394 g/mol. The van der Waals surface area contributed by atoms with Crippen LogP contribution in [0.3, 0.4) is 0 Å². The van der Waals surface area contributed by atoms with Crippen LogP contribution >= 0.6 is 0 Å². The van der Waals surface area contributed by atoms with Crippen molar-refractivity contribution in [3.8, 4) is 23.0 Å². The van der Waals surface area contributed by atoms with Crippen molar-refractivity contribution < 1.29 is 14.5 Å². The molecule has 0 aromatic heterocycles. The third kappa shape index (κ3) is 4.19. The average molecular weight is 413 g/mol. The number of amides is 1. The van der Waals surface area contributed by atoms with Gasteiger partial charge in [-0.1, -0.05) is 60.4 Å². The minimum atomic E-state index is -0.562. The summed E-state index contributed by atoms with van der Waals surface area (Å²) in [5.74, 6) is 5.55. The second-order valence-corrected chi connectivity index (χ2v) is 7.01. The number of hydrogen-bond acceptors (Lipinski definition) is 5. The first-order valence-corrected chi connectivity index (χ1v) is 9.66. The maximum atomic E-state index is 12.1. The van der Waals surface area contributed by atoms with Gasteiger partial charge in [0.05, 0.1) is 17.2 Å². The third-order valence-corrected chi connectivity index (χ3v) is 5.13. The summed E-state index contributed by atoms with van der Waals surface area (Å²) in [7, 11) is 0. The number of nitrogens with two attached hydrogens (primary N) is 1. The van der Waals surface area contributed by atoms with Crippen LogP contribution in [0.25, 0.3) is 11.1 Å². The zero-order chi connectivity index (χ0) is 21.8. The van der Waals surface area contributed by atoms with Crippen molar-refractivity contribution in [3.05, 3.63) is 93.5 Å². The molecule has 3 aromatic rings. The van der Waals surface area contributed by atoms with E-state index in [-0.39, 0.29) is 30.4 Å². The number of nitrogens with one attached hydrogen (secondary N) is 1. The van der Waals surface area contributed by atoms with Crippen molar-refractivity contribution in [3.63, 3.8) is 0 Å². The summed E-state index contributed by atoms with van der Waals surface area (Å²) in [6.07, 6.45) is -0.562. The first-order valence-electron chi connectivity index (χ1n) is 9.66. The molecule has 1 amide bonds. The van der Waals surface area contributed by atoms with E-state index in [2.05, 4.69) is 41.4 Å². The maximum Gasteiger partial charge on any atom is 0.407 e. The van der Waals surface area contributed by atoms with Crippen molar-refractivity contribution in [2.24, 2.45) is 0 Å². The van der Waals surface area contributed by atoms with Gasteiger partial charge in [-0.05, 0) is 28.3 Å². The quantitative estimate of drug-likeness (QED) is 0.290. The molecule has 31 heavy (non-hydrogen) atoms. The Hall–Kier alpha value is -4.31. The highest BCUT2D eigenvalue weighted by Crippen LogP contribution is 2.44. The monoisotopic (exact) mass is 413 g/mol. The number of fused-ring (bicyclic) bond motifs is 3. The van der Waals surface area contributed by atoms with Gasteiger partial charge in [0.25, 0.3) is 5.69 Å². The first kappa shape index (κ1) is 20.0.